The molecule has 14 heavy (non-hydrogen) atoms. The van der Waals surface area contributed by atoms with E-state index in [0.29, 0.717) is 0 Å². The largest absolute Gasteiger partial charge is 0.396 e. The van der Waals surface area contributed by atoms with E-state index in [1.54, 1.807) is 0 Å². The number of hydrogen-bond donors (Lipinski definition) is 2. The van der Waals surface area contributed by atoms with Crippen molar-refractivity contribution < 1.29 is 5.11 Å². The Morgan fingerprint density at radius 1 is 1.50 bits per heavy atom. The summed E-state index contributed by atoms with van der Waals surface area (Å²) in [4.78, 5) is 0. The molecule has 1 aromatic rings. The fourth-order valence-electron chi connectivity index (χ4n) is 1.13. The Labute approximate surface area is 93.5 Å². The Morgan fingerprint density at radius 2 is 2.21 bits per heavy atom. The van der Waals surface area contributed by atoms with Gasteiger partial charge < -0.3 is 10.4 Å². The highest BCUT2D eigenvalue weighted by Gasteiger charge is 2.02. The first-order valence-electron chi connectivity index (χ1n) is 4.74. The van der Waals surface area contributed by atoms with E-state index in [4.69, 9.17) is 5.11 Å². The lowest BCUT2D eigenvalue weighted by Crippen LogP contribution is -2.14. The molecule has 0 fully saturated rings. The van der Waals surface area contributed by atoms with Crippen molar-refractivity contribution in [3.63, 3.8) is 0 Å². The molecule has 0 aliphatic heterocycles. The maximum Gasteiger partial charge on any atom is 0.0473 e. The van der Waals surface area contributed by atoms with Gasteiger partial charge in [0, 0.05) is 23.3 Å². The molecule has 0 saturated heterocycles. The summed E-state index contributed by atoms with van der Waals surface area (Å²) in [5.41, 5.74) is 2.35. The van der Waals surface area contributed by atoms with Gasteiger partial charge in [0.05, 0.1) is 0 Å². The minimum atomic E-state index is 0.222. The van der Waals surface area contributed by atoms with Crippen LogP contribution >= 0.6 is 15.9 Å². The summed E-state index contributed by atoms with van der Waals surface area (Å²) in [6.45, 7) is 5.10. The predicted octanol–water partition coefficient (Wildman–Crippen LogP) is 2.80. The third kappa shape index (κ3) is 3.31. The molecule has 0 aliphatic carbocycles. The predicted molar refractivity (Wildman–Crippen MR) is 63.6 cm³/mol. The van der Waals surface area contributed by atoms with Gasteiger partial charge in [-0.15, -0.1) is 0 Å². The topological polar surface area (TPSA) is 32.3 Å². The Morgan fingerprint density at radius 3 is 2.86 bits per heavy atom. The van der Waals surface area contributed by atoms with Gasteiger partial charge in [0.2, 0.25) is 0 Å². The molecule has 0 aliphatic rings. The second kappa shape index (κ2) is 5.37. The number of hydrogen-bond acceptors (Lipinski definition) is 2. The van der Waals surface area contributed by atoms with Crippen LogP contribution in [0.25, 0.3) is 0 Å². The van der Waals surface area contributed by atoms with Gasteiger partial charge in [0.15, 0.2) is 0 Å². The first-order chi connectivity index (χ1) is 6.63. The summed E-state index contributed by atoms with van der Waals surface area (Å²) < 4.78 is 1.07. The van der Waals surface area contributed by atoms with Crippen LogP contribution < -0.4 is 5.32 Å². The molecule has 2 N–H and O–H groups in total. The van der Waals surface area contributed by atoms with Gasteiger partial charge in [-0.25, -0.2) is 0 Å². The van der Waals surface area contributed by atoms with Crippen molar-refractivity contribution in [1.29, 1.82) is 0 Å². The van der Waals surface area contributed by atoms with Crippen molar-refractivity contribution in [1.82, 2.24) is 0 Å². The average molecular weight is 258 g/mol. The Bertz CT molecular complexity index is 301. The fraction of sp³-hybridized carbons (Fsp3) is 0.455. The van der Waals surface area contributed by atoms with Crippen LogP contribution in [0, 0.1) is 12.8 Å². The quantitative estimate of drug-likeness (QED) is 0.870. The third-order valence-electron chi connectivity index (χ3n) is 2.15. The molecule has 1 atom stereocenters. The van der Waals surface area contributed by atoms with Crippen molar-refractivity contribution in [2.75, 3.05) is 18.5 Å². The zero-order valence-corrected chi connectivity index (χ0v) is 10.1. The van der Waals surface area contributed by atoms with Gasteiger partial charge >= 0.3 is 0 Å². The number of aliphatic hydroxyl groups excluding tert-OH is 1. The van der Waals surface area contributed by atoms with E-state index < -0.39 is 0 Å². The van der Waals surface area contributed by atoms with Crippen LogP contribution in [0.4, 0.5) is 5.69 Å². The molecule has 0 aromatic heterocycles. The molecule has 78 valence electrons. The molecule has 1 rings (SSSR count). The second-order valence-corrected chi connectivity index (χ2v) is 4.54. The van der Waals surface area contributed by atoms with Gasteiger partial charge in [0.25, 0.3) is 0 Å². The highest BCUT2D eigenvalue weighted by Crippen LogP contribution is 2.20. The molecule has 0 bridgehead atoms. The van der Waals surface area contributed by atoms with E-state index >= 15 is 0 Å². The SMILES string of the molecule is Cc1ccc(Br)cc1NCC(C)CO. The lowest BCUT2D eigenvalue weighted by Gasteiger charge is -2.13. The standard InChI is InChI=1S/C11H16BrNO/c1-8(7-14)6-13-11-5-10(12)4-3-9(11)2/h3-5,8,13-14H,6-7H2,1-2H3. The zero-order valence-electron chi connectivity index (χ0n) is 8.55. The van der Waals surface area contributed by atoms with E-state index in [-0.39, 0.29) is 12.5 Å². The summed E-state index contributed by atoms with van der Waals surface area (Å²) in [6.07, 6.45) is 0. The molecule has 0 saturated carbocycles. The van der Waals surface area contributed by atoms with Gasteiger partial charge in [0.1, 0.15) is 0 Å². The lowest BCUT2D eigenvalue weighted by atomic mass is 10.1. The molecule has 3 heteroatoms. The molecular weight excluding hydrogens is 242 g/mol. The summed E-state index contributed by atoms with van der Waals surface area (Å²) in [7, 11) is 0. The molecule has 0 radical (unpaired) electrons. The minimum absolute atomic E-state index is 0.222. The van der Waals surface area contributed by atoms with Gasteiger partial charge in [-0.1, -0.05) is 28.9 Å². The molecule has 1 aromatic carbocycles. The normalized spacial score (nSPS) is 12.6. The maximum atomic E-state index is 8.89. The van der Waals surface area contributed by atoms with Crippen LogP contribution in [0.3, 0.4) is 0 Å². The zero-order chi connectivity index (χ0) is 10.6. The summed E-state index contributed by atoms with van der Waals surface area (Å²) in [5, 5.41) is 12.2. The van der Waals surface area contributed by atoms with E-state index in [1.165, 1.54) is 5.56 Å². The van der Waals surface area contributed by atoms with Crippen molar-refractivity contribution in [3.05, 3.63) is 28.2 Å². The lowest BCUT2D eigenvalue weighted by molar-refractivity contribution is 0.244. The number of aryl methyl sites for hydroxylation is 1. The van der Waals surface area contributed by atoms with E-state index in [1.807, 2.05) is 13.0 Å². The van der Waals surface area contributed by atoms with Gasteiger partial charge in [-0.05, 0) is 30.5 Å². The fourth-order valence-corrected chi connectivity index (χ4v) is 1.49. The number of halogens is 1. The first kappa shape index (κ1) is 11.5. The van der Waals surface area contributed by atoms with Crippen LogP contribution in [-0.2, 0) is 0 Å². The molecule has 0 heterocycles. The number of aliphatic hydroxyl groups is 1. The average Bonchev–Trinajstić information content (AvgIpc) is 2.19. The summed E-state index contributed by atoms with van der Waals surface area (Å²) in [6, 6.07) is 6.14. The van der Waals surface area contributed by atoms with E-state index in [2.05, 4.69) is 40.3 Å². The van der Waals surface area contributed by atoms with Crippen LogP contribution in [0.1, 0.15) is 12.5 Å². The molecule has 2 nitrogen and oxygen atoms in total. The number of anilines is 1. The van der Waals surface area contributed by atoms with Gasteiger partial charge in [-0.2, -0.15) is 0 Å². The second-order valence-electron chi connectivity index (χ2n) is 3.63. The highest BCUT2D eigenvalue weighted by atomic mass is 79.9. The van der Waals surface area contributed by atoms with E-state index in [0.717, 1.165) is 16.7 Å². The Kier molecular flexibility index (Phi) is 4.42. The number of benzene rings is 1. The van der Waals surface area contributed by atoms with Crippen molar-refractivity contribution in [2.45, 2.75) is 13.8 Å². The van der Waals surface area contributed by atoms with Crippen LogP contribution in [0.2, 0.25) is 0 Å². The molecule has 1 unspecified atom stereocenters. The summed E-state index contributed by atoms with van der Waals surface area (Å²) in [5.74, 6) is 0.286. The van der Waals surface area contributed by atoms with Crippen LogP contribution in [-0.4, -0.2) is 18.3 Å². The Balaban J connectivity index is 2.62. The van der Waals surface area contributed by atoms with Crippen LogP contribution in [0.15, 0.2) is 22.7 Å². The molecule has 0 spiro atoms. The maximum absolute atomic E-state index is 8.89. The molecular formula is C11H16BrNO. The Hall–Kier alpha value is -0.540. The highest BCUT2D eigenvalue weighted by molar-refractivity contribution is 9.10. The smallest absolute Gasteiger partial charge is 0.0473 e. The van der Waals surface area contributed by atoms with Crippen LogP contribution in [0.5, 0.6) is 0 Å². The van der Waals surface area contributed by atoms with Crippen molar-refractivity contribution in [3.8, 4) is 0 Å². The third-order valence-corrected chi connectivity index (χ3v) is 2.65. The number of nitrogens with one attached hydrogen (secondary N) is 1. The van der Waals surface area contributed by atoms with Gasteiger partial charge in [-0.3, -0.25) is 0 Å². The van der Waals surface area contributed by atoms with Crippen molar-refractivity contribution >= 4 is 21.6 Å². The first-order valence-corrected chi connectivity index (χ1v) is 5.53. The summed E-state index contributed by atoms with van der Waals surface area (Å²) >= 11 is 3.43. The van der Waals surface area contributed by atoms with Crippen molar-refractivity contribution in [2.24, 2.45) is 5.92 Å². The van der Waals surface area contributed by atoms with E-state index in [9.17, 15) is 0 Å². The molecule has 0 amide bonds. The minimum Gasteiger partial charge on any atom is -0.396 e. The monoisotopic (exact) mass is 257 g/mol. The number of rotatable bonds is 4.